The van der Waals surface area contributed by atoms with Crippen LogP contribution in [0.15, 0.2) is 24.4 Å². The molecule has 2 aromatic rings. The lowest BCUT2D eigenvalue weighted by molar-refractivity contribution is -0.134. The average Bonchev–Trinajstić information content (AvgIpc) is 3.00. The number of fused-ring (bicyclic) bond motifs is 2. The van der Waals surface area contributed by atoms with Gasteiger partial charge in [0.1, 0.15) is 0 Å². The first-order chi connectivity index (χ1) is 12.0. The number of aromatic nitrogens is 1. The third-order valence-corrected chi connectivity index (χ3v) is 5.88. The third kappa shape index (κ3) is 2.51. The SMILES string of the molecule is CCN(CC)C(=O)[C@@H]1C=C2c3cc(C)cc4[nH]cc(c34)C[C@H]2N(C)C1. The number of rotatable bonds is 3. The Morgan fingerprint density at radius 2 is 2.08 bits per heavy atom. The van der Waals surface area contributed by atoms with E-state index in [1.807, 2.05) is 4.90 Å². The molecular weight excluding hydrogens is 310 g/mol. The van der Waals surface area contributed by atoms with Crippen molar-refractivity contribution in [3.05, 3.63) is 41.1 Å². The van der Waals surface area contributed by atoms with Crippen LogP contribution in [-0.4, -0.2) is 53.4 Å². The molecule has 2 atom stereocenters. The van der Waals surface area contributed by atoms with Gasteiger partial charge in [-0.25, -0.2) is 0 Å². The minimum atomic E-state index is -0.0489. The molecule has 2 aliphatic rings. The number of aryl methyl sites for hydroxylation is 1. The molecule has 1 amide bonds. The number of carbonyl (C=O) groups excluding carboxylic acids is 1. The number of carbonyl (C=O) groups is 1. The van der Waals surface area contributed by atoms with Crippen molar-refractivity contribution in [2.45, 2.75) is 33.2 Å². The largest absolute Gasteiger partial charge is 0.361 e. The zero-order valence-corrected chi connectivity index (χ0v) is 15.6. The zero-order chi connectivity index (χ0) is 17.7. The van der Waals surface area contributed by atoms with Crippen LogP contribution < -0.4 is 0 Å². The van der Waals surface area contributed by atoms with Crippen LogP contribution in [-0.2, 0) is 11.2 Å². The third-order valence-electron chi connectivity index (χ3n) is 5.88. The zero-order valence-electron chi connectivity index (χ0n) is 15.6. The van der Waals surface area contributed by atoms with E-state index in [9.17, 15) is 4.79 Å². The molecule has 4 nitrogen and oxygen atoms in total. The highest BCUT2D eigenvalue weighted by Crippen LogP contribution is 2.41. The van der Waals surface area contributed by atoms with E-state index in [1.165, 1.54) is 33.2 Å². The van der Waals surface area contributed by atoms with E-state index >= 15 is 0 Å². The van der Waals surface area contributed by atoms with Crippen molar-refractivity contribution in [1.82, 2.24) is 14.8 Å². The molecule has 1 N–H and O–H groups in total. The van der Waals surface area contributed by atoms with E-state index in [0.717, 1.165) is 26.1 Å². The minimum Gasteiger partial charge on any atom is -0.361 e. The van der Waals surface area contributed by atoms with Gasteiger partial charge in [-0.1, -0.05) is 12.1 Å². The molecule has 0 radical (unpaired) electrons. The van der Waals surface area contributed by atoms with Gasteiger partial charge in [-0.05, 0) is 62.6 Å². The second-order valence-electron chi connectivity index (χ2n) is 7.45. The molecule has 0 spiro atoms. The number of hydrogen-bond acceptors (Lipinski definition) is 2. The minimum absolute atomic E-state index is 0.0489. The molecule has 1 aliphatic carbocycles. The van der Waals surface area contributed by atoms with Gasteiger partial charge in [0.2, 0.25) is 5.91 Å². The summed E-state index contributed by atoms with van der Waals surface area (Å²) in [5.74, 6) is 0.207. The quantitative estimate of drug-likeness (QED) is 0.934. The highest BCUT2D eigenvalue weighted by atomic mass is 16.2. The molecule has 1 aliphatic heterocycles. The highest BCUT2D eigenvalue weighted by Gasteiger charge is 2.36. The number of aromatic amines is 1. The van der Waals surface area contributed by atoms with Crippen molar-refractivity contribution in [3.8, 4) is 0 Å². The average molecular weight is 337 g/mol. The molecule has 0 unspecified atom stereocenters. The summed E-state index contributed by atoms with van der Waals surface area (Å²) in [6.45, 7) is 8.61. The summed E-state index contributed by atoms with van der Waals surface area (Å²) in [5, 5.41) is 1.34. The maximum Gasteiger partial charge on any atom is 0.230 e. The number of nitrogens with zero attached hydrogens (tertiary/aromatic N) is 2. The first-order valence-corrected chi connectivity index (χ1v) is 9.35. The van der Waals surface area contributed by atoms with Crippen molar-refractivity contribution < 1.29 is 4.79 Å². The number of nitrogens with one attached hydrogen (secondary N) is 1. The van der Waals surface area contributed by atoms with E-state index < -0.39 is 0 Å². The first-order valence-electron chi connectivity index (χ1n) is 9.35. The van der Waals surface area contributed by atoms with Crippen LogP contribution in [0.1, 0.15) is 30.5 Å². The fourth-order valence-electron chi connectivity index (χ4n) is 4.59. The van der Waals surface area contributed by atoms with Crippen molar-refractivity contribution in [2.24, 2.45) is 5.92 Å². The lowest BCUT2D eigenvalue weighted by Gasteiger charge is -2.40. The van der Waals surface area contributed by atoms with E-state index in [1.54, 1.807) is 0 Å². The van der Waals surface area contributed by atoms with Gasteiger partial charge < -0.3 is 9.88 Å². The highest BCUT2D eigenvalue weighted by molar-refractivity contribution is 5.99. The number of likely N-dealkylation sites (N-methyl/N-ethyl adjacent to an activating group) is 1. The van der Waals surface area contributed by atoms with Gasteiger partial charge in [0.15, 0.2) is 0 Å². The van der Waals surface area contributed by atoms with E-state index in [4.69, 9.17) is 0 Å². The monoisotopic (exact) mass is 337 g/mol. The van der Waals surface area contributed by atoms with Crippen molar-refractivity contribution >= 4 is 22.4 Å². The molecule has 4 rings (SSSR count). The fraction of sp³-hybridized carbons (Fsp3) is 0.476. The van der Waals surface area contributed by atoms with Gasteiger partial charge in [0, 0.05) is 42.8 Å². The van der Waals surface area contributed by atoms with Crippen LogP contribution >= 0.6 is 0 Å². The maximum absolute atomic E-state index is 12.9. The van der Waals surface area contributed by atoms with E-state index in [-0.39, 0.29) is 11.8 Å². The van der Waals surface area contributed by atoms with E-state index in [2.05, 4.69) is 62.1 Å². The maximum atomic E-state index is 12.9. The summed E-state index contributed by atoms with van der Waals surface area (Å²) in [4.78, 5) is 20.7. The molecule has 2 heterocycles. The van der Waals surface area contributed by atoms with Crippen LogP contribution in [0.4, 0.5) is 0 Å². The molecule has 0 bridgehead atoms. The standard InChI is InChI=1S/C21H27N3O/c1-5-24(6-2)21(25)15-9-16-17-7-13(3)8-18-20(17)14(11-22-18)10-19(16)23(4)12-15/h7-9,11,15,19,22H,5-6,10,12H2,1-4H3/t15-,19-/m1/s1. The van der Waals surface area contributed by atoms with Crippen molar-refractivity contribution in [1.29, 1.82) is 0 Å². The Bertz CT molecular complexity index is 859. The Kier molecular flexibility index (Phi) is 3.95. The summed E-state index contributed by atoms with van der Waals surface area (Å²) in [6.07, 6.45) is 5.44. The lowest BCUT2D eigenvalue weighted by atomic mass is 9.79. The van der Waals surface area contributed by atoms with Gasteiger partial charge in [0.05, 0.1) is 5.92 Å². The van der Waals surface area contributed by atoms with E-state index in [0.29, 0.717) is 6.04 Å². The number of amides is 1. The Morgan fingerprint density at radius 3 is 2.80 bits per heavy atom. The molecule has 0 saturated carbocycles. The number of benzene rings is 1. The van der Waals surface area contributed by atoms with Crippen molar-refractivity contribution in [3.63, 3.8) is 0 Å². The van der Waals surface area contributed by atoms with Gasteiger partial charge in [-0.2, -0.15) is 0 Å². The smallest absolute Gasteiger partial charge is 0.230 e. The summed E-state index contributed by atoms with van der Waals surface area (Å²) < 4.78 is 0. The Balaban J connectivity index is 1.83. The van der Waals surface area contributed by atoms with Gasteiger partial charge in [-0.3, -0.25) is 9.69 Å². The molecule has 132 valence electrons. The topological polar surface area (TPSA) is 39.3 Å². The summed E-state index contributed by atoms with van der Waals surface area (Å²) >= 11 is 0. The van der Waals surface area contributed by atoms with Crippen LogP contribution in [0.5, 0.6) is 0 Å². The summed E-state index contributed by atoms with van der Waals surface area (Å²) in [6, 6.07) is 4.87. The summed E-state index contributed by atoms with van der Waals surface area (Å²) in [7, 11) is 2.16. The molecule has 0 saturated heterocycles. The molecule has 1 aromatic carbocycles. The molecule has 1 aromatic heterocycles. The van der Waals surface area contributed by atoms with Gasteiger partial charge in [-0.15, -0.1) is 0 Å². The Morgan fingerprint density at radius 1 is 1.32 bits per heavy atom. The Hall–Kier alpha value is -2.07. The molecular formula is C21H27N3O. The molecule has 25 heavy (non-hydrogen) atoms. The van der Waals surface area contributed by atoms with Gasteiger partial charge >= 0.3 is 0 Å². The summed E-state index contributed by atoms with van der Waals surface area (Å²) in [5.41, 5.74) is 6.51. The molecule has 0 fully saturated rings. The second kappa shape index (κ2) is 6.03. The number of hydrogen-bond donors (Lipinski definition) is 1. The number of H-pyrrole nitrogens is 1. The van der Waals surface area contributed by atoms with Crippen molar-refractivity contribution in [2.75, 3.05) is 26.7 Å². The van der Waals surface area contributed by atoms with Crippen LogP contribution in [0.2, 0.25) is 0 Å². The Labute approximate surface area is 149 Å². The van der Waals surface area contributed by atoms with Crippen LogP contribution in [0.25, 0.3) is 16.5 Å². The lowest BCUT2D eigenvalue weighted by Crippen LogP contribution is -2.47. The van der Waals surface area contributed by atoms with Crippen LogP contribution in [0, 0.1) is 12.8 Å². The fourth-order valence-corrected chi connectivity index (χ4v) is 4.59. The first kappa shape index (κ1) is 16.4. The molecule has 4 heteroatoms. The van der Waals surface area contributed by atoms with Crippen LogP contribution in [0.3, 0.4) is 0 Å². The van der Waals surface area contributed by atoms with Gasteiger partial charge in [0.25, 0.3) is 0 Å². The second-order valence-corrected chi connectivity index (χ2v) is 7.45. The predicted octanol–water partition coefficient (Wildman–Crippen LogP) is 3.21. The predicted molar refractivity (Wildman–Crippen MR) is 103 cm³/mol. The normalized spacial score (nSPS) is 22.6.